The van der Waals surface area contributed by atoms with Gasteiger partial charge in [-0.05, 0) is 121 Å². The largest absolute Gasteiger partial charge is 0.457 e. The van der Waals surface area contributed by atoms with Crippen LogP contribution in [0.2, 0.25) is 0 Å². The smallest absolute Gasteiger partial charge is 0.128 e. The van der Waals surface area contributed by atoms with Crippen LogP contribution in [0.25, 0.3) is 43.1 Å². The van der Waals surface area contributed by atoms with Crippen molar-refractivity contribution in [2.45, 2.75) is 220 Å². The Bertz CT molecular complexity index is 1970. The molecule has 512 valence electrons. The Labute approximate surface area is 541 Å². The molecule has 8 aromatic rings. The first kappa shape index (κ1) is 130. The summed E-state index contributed by atoms with van der Waals surface area (Å²) in [5.41, 5.74) is 0. The Hall–Kier alpha value is -5.64. The van der Waals surface area contributed by atoms with Gasteiger partial charge in [-0.15, -0.1) is 0 Å². The predicted molar refractivity (Wildman–Crippen MR) is 413 cm³/mol. The van der Waals surface area contributed by atoms with E-state index in [4.69, 9.17) is 35.4 Å². The van der Waals surface area contributed by atoms with Crippen molar-refractivity contribution in [2.24, 2.45) is 11.8 Å². The standard InChI is InChI=1S/C20H14O.2C10H8.2C4H10.6C2H6O.4C2H6.11CH4/c1-3-7-17-13-19(11-9-15(17)5-1)21-20-12-10-16-6-2-4-8-18(16)14-20;2*1-2-6-10-8-4-3-7-9(10)5-1;2*1-4(2)3;6*1-2-3;4*1-2;;;;;;;;;;;/h1-14H;2*1-8H;2*4H,1-3H3;6*3H,2H2,1H3;4*1-2H3;11*1H4. The fourth-order valence-electron chi connectivity index (χ4n) is 4.86. The molecule has 8 aromatic carbocycles. The second kappa shape index (κ2) is 107. The quantitative estimate of drug-likeness (QED) is 0.102. The highest BCUT2D eigenvalue weighted by Gasteiger charge is 2.01. The van der Waals surface area contributed by atoms with Crippen LogP contribution >= 0.6 is 0 Å². The molecule has 0 aliphatic carbocycles. The van der Waals surface area contributed by atoms with Gasteiger partial charge in [-0.1, -0.05) is 336 Å². The van der Waals surface area contributed by atoms with Crippen molar-refractivity contribution in [3.05, 3.63) is 182 Å². The van der Waals surface area contributed by atoms with Gasteiger partial charge in [-0.2, -0.15) is 0 Å². The maximum Gasteiger partial charge on any atom is 0.128 e. The molecular formula is C79H154O7. The monoisotopic (exact) mass is 1220 g/mol. The fraction of sp³-hybridized carbons (Fsp3) is 0.494. The van der Waals surface area contributed by atoms with Gasteiger partial charge in [0.2, 0.25) is 0 Å². The van der Waals surface area contributed by atoms with Crippen molar-refractivity contribution in [1.82, 2.24) is 0 Å². The average molecular weight is 1220 g/mol. The van der Waals surface area contributed by atoms with Gasteiger partial charge in [0, 0.05) is 39.6 Å². The molecular weight excluding hydrogens is 1060 g/mol. The molecule has 0 fully saturated rings. The second-order valence-corrected chi connectivity index (χ2v) is 15.2. The predicted octanol–water partition coefficient (Wildman–Crippen LogP) is 25.9. The molecule has 0 aliphatic rings. The van der Waals surface area contributed by atoms with E-state index in [1.165, 1.54) is 43.1 Å². The zero-order valence-corrected chi connectivity index (χ0v) is 50.8. The Balaban J connectivity index is -0.0000000393. The molecule has 0 atom stereocenters. The highest BCUT2D eigenvalue weighted by molar-refractivity contribution is 5.85. The van der Waals surface area contributed by atoms with Crippen LogP contribution in [0.5, 0.6) is 11.5 Å². The molecule has 0 aromatic heterocycles. The lowest BCUT2D eigenvalue weighted by atomic mass is 10.1. The van der Waals surface area contributed by atoms with Crippen molar-refractivity contribution in [1.29, 1.82) is 0 Å². The third kappa shape index (κ3) is 84.8. The number of rotatable bonds is 2. The van der Waals surface area contributed by atoms with Gasteiger partial charge < -0.3 is 35.4 Å². The molecule has 0 spiro atoms. The highest BCUT2D eigenvalue weighted by atomic mass is 16.5. The van der Waals surface area contributed by atoms with Gasteiger partial charge in [0.15, 0.2) is 0 Å². The molecule has 0 saturated heterocycles. The Kier molecular flexibility index (Phi) is 163. The average Bonchev–Trinajstić information content (AvgIpc) is 3.42. The minimum Gasteiger partial charge on any atom is -0.457 e. The van der Waals surface area contributed by atoms with Gasteiger partial charge in [0.25, 0.3) is 0 Å². The first-order chi connectivity index (χ1) is 36.3. The van der Waals surface area contributed by atoms with E-state index < -0.39 is 0 Å². The normalized spacial score (nSPS) is 7.35. The summed E-state index contributed by atoms with van der Waals surface area (Å²) in [6.07, 6.45) is 0. The summed E-state index contributed by atoms with van der Waals surface area (Å²) < 4.78 is 5.99. The lowest BCUT2D eigenvalue weighted by Gasteiger charge is -2.08. The summed E-state index contributed by atoms with van der Waals surface area (Å²) in [6.45, 7) is 40.6. The number of hydrogen-bond acceptors (Lipinski definition) is 7. The minimum absolute atomic E-state index is 0. The van der Waals surface area contributed by atoms with Crippen LogP contribution in [-0.4, -0.2) is 70.3 Å². The van der Waals surface area contributed by atoms with E-state index in [0.717, 1.165) is 23.3 Å². The van der Waals surface area contributed by atoms with Crippen LogP contribution in [0.4, 0.5) is 0 Å². The Morgan fingerprint density at radius 1 is 0.233 bits per heavy atom. The molecule has 8 rings (SSSR count). The molecule has 7 nitrogen and oxygen atoms in total. The van der Waals surface area contributed by atoms with Crippen LogP contribution in [0.3, 0.4) is 0 Å². The van der Waals surface area contributed by atoms with Crippen molar-refractivity contribution in [3.8, 4) is 11.5 Å². The zero-order valence-electron chi connectivity index (χ0n) is 50.8. The number of aliphatic hydroxyl groups excluding tert-OH is 6. The molecule has 6 N–H and O–H groups in total. The van der Waals surface area contributed by atoms with E-state index in [1.807, 2.05) is 91.8 Å². The van der Waals surface area contributed by atoms with Crippen LogP contribution in [0, 0.1) is 11.8 Å². The van der Waals surface area contributed by atoms with Crippen molar-refractivity contribution >= 4 is 43.1 Å². The van der Waals surface area contributed by atoms with Crippen molar-refractivity contribution in [3.63, 3.8) is 0 Å². The lowest BCUT2D eigenvalue weighted by molar-refractivity contribution is 0.318. The molecule has 0 radical (unpaired) electrons. The molecule has 0 saturated carbocycles. The molecule has 86 heavy (non-hydrogen) atoms. The maximum atomic E-state index is 7.57. The van der Waals surface area contributed by atoms with Crippen molar-refractivity contribution in [2.75, 3.05) is 39.6 Å². The Morgan fingerprint density at radius 3 is 0.465 bits per heavy atom. The molecule has 0 unspecified atom stereocenters. The third-order valence-corrected chi connectivity index (χ3v) is 6.99. The molecule has 0 aliphatic heterocycles. The molecule has 0 amide bonds. The number of ether oxygens (including phenoxy) is 1. The first-order valence-electron chi connectivity index (χ1n) is 27.5. The first-order valence-corrected chi connectivity index (χ1v) is 27.5. The summed E-state index contributed by atoms with van der Waals surface area (Å²) in [7, 11) is 0. The zero-order chi connectivity index (χ0) is 59.1. The van der Waals surface area contributed by atoms with Crippen LogP contribution in [-0.2, 0) is 0 Å². The minimum atomic E-state index is 0. The Morgan fingerprint density at radius 2 is 0.337 bits per heavy atom. The maximum absolute atomic E-state index is 7.57. The van der Waals surface area contributed by atoms with E-state index in [0.29, 0.717) is 0 Å². The van der Waals surface area contributed by atoms with Gasteiger partial charge in [0.05, 0.1) is 0 Å². The van der Waals surface area contributed by atoms with E-state index >= 15 is 0 Å². The molecule has 7 heteroatoms. The number of hydrogen-bond donors (Lipinski definition) is 6. The topological polar surface area (TPSA) is 131 Å². The third-order valence-electron chi connectivity index (χ3n) is 6.99. The van der Waals surface area contributed by atoms with E-state index in [2.05, 4.69) is 187 Å². The van der Waals surface area contributed by atoms with Crippen molar-refractivity contribution < 1.29 is 35.4 Å². The fourth-order valence-corrected chi connectivity index (χ4v) is 4.86. The van der Waals surface area contributed by atoms with E-state index in [1.54, 1.807) is 41.5 Å². The van der Waals surface area contributed by atoms with Gasteiger partial charge in [-0.3, -0.25) is 0 Å². The van der Waals surface area contributed by atoms with Crippen LogP contribution in [0.15, 0.2) is 182 Å². The van der Waals surface area contributed by atoms with Crippen LogP contribution in [0.1, 0.15) is 220 Å². The second-order valence-electron chi connectivity index (χ2n) is 15.2. The summed E-state index contributed by atoms with van der Waals surface area (Å²) >= 11 is 0. The highest BCUT2D eigenvalue weighted by Crippen LogP contribution is 2.28. The van der Waals surface area contributed by atoms with Crippen LogP contribution < -0.4 is 4.74 Å². The van der Waals surface area contributed by atoms with E-state index in [-0.39, 0.29) is 121 Å². The summed E-state index contributed by atoms with van der Waals surface area (Å²) in [4.78, 5) is 0. The molecule has 0 bridgehead atoms. The summed E-state index contributed by atoms with van der Waals surface area (Å²) in [6, 6.07) is 62.4. The van der Waals surface area contributed by atoms with Gasteiger partial charge in [0.1, 0.15) is 11.5 Å². The van der Waals surface area contributed by atoms with Gasteiger partial charge >= 0.3 is 0 Å². The summed E-state index contributed by atoms with van der Waals surface area (Å²) in [5, 5.41) is 55.5. The number of fused-ring (bicyclic) bond motifs is 4. The number of aliphatic hydroxyl groups is 6. The van der Waals surface area contributed by atoms with E-state index in [9.17, 15) is 0 Å². The SMILES string of the molecule is C.C.C.C.C.C.C.C.C.C.C.CC.CC.CC.CC.CC(C)C.CC(C)C.CCO.CCO.CCO.CCO.CCO.CCO.c1ccc2cc(Oc3ccc4ccccc4c3)ccc2c1.c1ccc2ccccc2c1.c1ccc2ccccc2c1. The lowest BCUT2D eigenvalue weighted by Crippen LogP contribution is -1.84. The number of benzene rings is 8. The van der Waals surface area contributed by atoms with Gasteiger partial charge in [-0.25, -0.2) is 0 Å². The molecule has 0 heterocycles. The summed E-state index contributed by atoms with van der Waals surface area (Å²) in [5.74, 6) is 3.40.